The van der Waals surface area contributed by atoms with Gasteiger partial charge in [0.15, 0.2) is 6.29 Å². The van der Waals surface area contributed by atoms with E-state index in [0.29, 0.717) is 67.8 Å². The summed E-state index contributed by atoms with van der Waals surface area (Å²) in [5, 5.41) is 21.8. The molecule has 4 aliphatic carbocycles. The van der Waals surface area contributed by atoms with Crippen LogP contribution in [0.15, 0.2) is 0 Å². The van der Waals surface area contributed by atoms with Gasteiger partial charge in [0.2, 0.25) is 5.91 Å². The lowest BCUT2D eigenvalue weighted by Crippen LogP contribution is -2.55. The molecule has 352 valence electrons. The third-order valence-electron chi connectivity index (χ3n) is 17.3. The predicted molar refractivity (Wildman–Crippen MR) is 241 cm³/mol. The lowest BCUT2D eigenvalue weighted by molar-refractivity contribution is -0.221. The highest BCUT2D eigenvalue weighted by Gasteiger charge is 2.79. The molecule has 12 atom stereocenters. The number of amides is 2. The first kappa shape index (κ1) is 49.0. The molecule has 7 aliphatic rings. The number of nitrogens with zero attached hydrogens (tertiary/aromatic N) is 2. The van der Waals surface area contributed by atoms with E-state index in [-0.39, 0.29) is 52.5 Å². The van der Waals surface area contributed by atoms with Crippen molar-refractivity contribution in [1.82, 2.24) is 9.80 Å². The molecule has 3 saturated heterocycles. The molecule has 0 bridgehead atoms. The molecule has 3 heterocycles. The fourth-order valence-electron chi connectivity index (χ4n) is 14.1. The Balaban J connectivity index is 0.00000149. The molecule has 7 rings (SSSR count). The minimum absolute atomic E-state index is 0.0225. The number of aliphatic hydroxyl groups excluding tert-OH is 1. The van der Waals surface area contributed by atoms with Crippen LogP contribution in [-0.4, -0.2) is 107 Å². The van der Waals surface area contributed by atoms with E-state index in [4.69, 9.17) is 18.9 Å². The van der Waals surface area contributed by atoms with Gasteiger partial charge in [0.25, 0.3) is 0 Å². The first-order chi connectivity index (χ1) is 28.1. The van der Waals surface area contributed by atoms with Crippen LogP contribution in [0.5, 0.6) is 0 Å². The van der Waals surface area contributed by atoms with Gasteiger partial charge < -0.3 is 39.0 Å². The van der Waals surface area contributed by atoms with Gasteiger partial charge in [-0.1, -0.05) is 68.7 Å². The molecule has 7 fully saturated rings. The summed E-state index contributed by atoms with van der Waals surface area (Å²) in [5.74, 6) is 2.86. The zero-order valence-corrected chi connectivity index (χ0v) is 41.2. The second-order valence-electron chi connectivity index (χ2n) is 25.2. The fraction of sp³-hybridized carbons (Fsp3) is 0.961. The molecule has 4 unspecified atom stereocenters. The molecule has 2 amide bonds. The second kappa shape index (κ2) is 17.7. The van der Waals surface area contributed by atoms with E-state index in [1.807, 2.05) is 25.7 Å². The number of carbonyl (C=O) groups excluding carboxylic acids is 2. The van der Waals surface area contributed by atoms with Gasteiger partial charge in [-0.2, -0.15) is 0 Å². The Hall–Kier alpha value is -1.46. The summed E-state index contributed by atoms with van der Waals surface area (Å²) in [6.45, 7) is 32.8. The fourth-order valence-corrected chi connectivity index (χ4v) is 14.1. The van der Waals surface area contributed by atoms with Gasteiger partial charge in [-0.15, -0.1) is 0 Å². The summed E-state index contributed by atoms with van der Waals surface area (Å²) in [5.41, 5.74) is -0.620. The summed E-state index contributed by atoms with van der Waals surface area (Å²) >= 11 is 0. The third-order valence-corrected chi connectivity index (χ3v) is 17.3. The zero-order valence-electron chi connectivity index (χ0n) is 41.2. The van der Waals surface area contributed by atoms with Crippen LogP contribution < -0.4 is 0 Å². The summed E-state index contributed by atoms with van der Waals surface area (Å²) in [7, 11) is 0. The summed E-state index contributed by atoms with van der Waals surface area (Å²) in [4.78, 5) is 29.9. The molecule has 1 spiro atoms. The van der Waals surface area contributed by atoms with Crippen LogP contribution in [0.3, 0.4) is 0 Å². The Bertz CT molecular complexity index is 1520. The van der Waals surface area contributed by atoms with Crippen LogP contribution >= 0.6 is 0 Å². The average molecular weight is 859 g/mol. The van der Waals surface area contributed by atoms with Crippen molar-refractivity contribution in [2.24, 2.45) is 56.7 Å². The van der Waals surface area contributed by atoms with Crippen molar-refractivity contribution in [2.45, 2.75) is 222 Å². The number of aliphatic hydroxyl groups is 2. The van der Waals surface area contributed by atoms with Crippen molar-refractivity contribution in [3.8, 4) is 0 Å². The van der Waals surface area contributed by atoms with Gasteiger partial charge in [0.1, 0.15) is 11.7 Å². The minimum Gasteiger partial charge on any atom is -0.444 e. The number of likely N-dealkylation sites (tertiary alicyclic amines) is 1. The Morgan fingerprint density at radius 3 is 2.16 bits per heavy atom. The largest absolute Gasteiger partial charge is 0.444 e. The molecule has 0 aromatic heterocycles. The first-order valence-electron chi connectivity index (χ1n) is 24.7. The highest BCUT2D eigenvalue weighted by atomic mass is 16.7. The monoisotopic (exact) mass is 859 g/mol. The molecule has 61 heavy (non-hydrogen) atoms. The summed E-state index contributed by atoms with van der Waals surface area (Å²) < 4.78 is 25.5. The number of piperidine rings is 1. The summed E-state index contributed by atoms with van der Waals surface area (Å²) in [6, 6.07) is 0. The van der Waals surface area contributed by atoms with Crippen LogP contribution in [0.25, 0.3) is 0 Å². The SMILES string of the molecule is CC(C)C.C[C@@H]1CC([C@H](O)C(C)(C)O)OC2C[C@@]3(C)[C@@H]4CCC[C@@]5(CC[C@H](OC6CN(C(=O)CC7CCN(C(=O)OC(C)(C)C)CC7)CCO6)C(C)(C)C)C[C@@]45CC[C@]3(C)C21. The Morgan fingerprint density at radius 2 is 1.56 bits per heavy atom. The highest BCUT2D eigenvalue weighted by Crippen LogP contribution is 2.86. The average Bonchev–Trinajstić information content (AvgIpc) is 3.74. The lowest BCUT2D eigenvalue weighted by Gasteiger charge is -2.60. The Morgan fingerprint density at radius 1 is 0.902 bits per heavy atom. The quantitative estimate of drug-likeness (QED) is 0.235. The zero-order chi connectivity index (χ0) is 45.1. The standard InChI is InChI=1S/C47H80N2O8.C4H10/c1-30-25-32(39(51)43(8,9)53)55-33-27-45(11)34-13-12-17-46(29-47(34,46)20-19-44(45,10)38(30)33)18-14-35(41(2,3)4)56-37-28-49(23-24-54-37)36(50)26-31-15-21-48(22-16-31)40(52)57-42(5,6)7;1-4(2)3/h30-35,37-39,51,53H,12-29H2,1-11H3;4H,1-3H3/t30-,32?,33?,34+,35+,37?,38?,39+,44-,45+,46-,47+;/m1./s1. The van der Waals surface area contributed by atoms with E-state index in [1.54, 1.807) is 18.7 Å². The van der Waals surface area contributed by atoms with E-state index in [9.17, 15) is 19.8 Å². The second-order valence-corrected chi connectivity index (χ2v) is 25.2. The van der Waals surface area contributed by atoms with Gasteiger partial charge in [-0.3, -0.25) is 4.79 Å². The van der Waals surface area contributed by atoms with Gasteiger partial charge in [-0.25, -0.2) is 4.79 Å². The first-order valence-corrected chi connectivity index (χ1v) is 24.7. The molecular weight excluding hydrogens is 769 g/mol. The van der Waals surface area contributed by atoms with Gasteiger partial charge in [0.05, 0.1) is 37.1 Å². The van der Waals surface area contributed by atoms with E-state index < -0.39 is 23.6 Å². The van der Waals surface area contributed by atoms with Crippen molar-refractivity contribution >= 4 is 12.0 Å². The van der Waals surface area contributed by atoms with Crippen molar-refractivity contribution in [1.29, 1.82) is 0 Å². The number of fused-ring (bicyclic) bond motifs is 4. The molecule has 4 saturated carbocycles. The molecule has 10 heteroatoms. The topological polar surface area (TPSA) is 118 Å². The number of rotatable bonds is 9. The smallest absolute Gasteiger partial charge is 0.410 e. The molecule has 0 radical (unpaired) electrons. The van der Waals surface area contributed by atoms with Crippen LogP contribution in [-0.2, 0) is 23.7 Å². The Kier molecular flexibility index (Phi) is 14.2. The molecule has 0 aromatic carbocycles. The number of hydrogen-bond acceptors (Lipinski definition) is 8. The lowest BCUT2D eigenvalue weighted by atomic mass is 9.44. The van der Waals surface area contributed by atoms with E-state index >= 15 is 0 Å². The predicted octanol–water partition coefficient (Wildman–Crippen LogP) is 10.0. The van der Waals surface area contributed by atoms with Gasteiger partial charge in [-0.05, 0) is 162 Å². The number of morpholine rings is 1. The van der Waals surface area contributed by atoms with Crippen molar-refractivity contribution in [2.75, 3.05) is 32.8 Å². The Labute approximate surface area is 371 Å². The maximum atomic E-state index is 13.6. The van der Waals surface area contributed by atoms with Crippen LogP contribution in [0.2, 0.25) is 0 Å². The van der Waals surface area contributed by atoms with Gasteiger partial charge in [0, 0.05) is 26.1 Å². The van der Waals surface area contributed by atoms with E-state index in [1.165, 1.54) is 44.9 Å². The number of hydrogen-bond donors (Lipinski definition) is 2. The number of ether oxygens (including phenoxy) is 4. The van der Waals surface area contributed by atoms with Crippen molar-refractivity contribution in [3.05, 3.63) is 0 Å². The molecule has 0 aromatic rings. The van der Waals surface area contributed by atoms with Crippen LogP contribution in [0, 0.1) is 56.7 Å². The van der Waals surface area contributed by atoms with E-state index in [0.717, 1.165) is 38.0 Å². The molecule has 2 N–H and O–H groups in total. The van der Waals surface area contributed by atoms with Gasteiger partial charge >= 0.3 is 6.09 Å². The highest BCUT2D eigenvalue weighted by molar-refractivity contribution is 5.76. The maximum Gasteiger partial charge on any atom is 0.410 e. The van der Waals surface area contributed by atoms with Crippen molar-refractivity contribution in [3.63, 3.8) is 0 Å². The molecular formula is C51H90N2O8. The van der Waals surface area contributed by atoms with Crippen LogP contribution in [0.4, 0.5) is 4.79 Å². The van der Waals surface area contributed by atoms with Crippen LogP contribution in [0.1, 0.15) is 180 Å². The normalized spacial score (nSPS) is 38.9. The molecule has 10 nitrogen and oxygen atoms in total. The summed E-state index contributed by atoms with van der Waals surface area (Å²) in [6.07, 6.45) is 12.2. The number of carbonyl (C=O) groups is 2. The molecule has 3 aliphatic heterocycles. The maximum absolute atomic E-state index is 13.6. The van der Waals surface area contributed by atoms with E-state index in [2.05, 4.69) is 62.3 Å². The third kappa shape index (κ3) is 10.0. The minimum atomic E-state index is -1.18. The van der Waals surface area contributed by atoms with Crippen molar-refractivity contribution < 1.29 is 38.7 Å².